The summed E-state index contributed by atoms with van der Waals surface area (Å²) in [5, 5.41) is 0.695. The van der Waals surface area contributed by atoms with Gasteiger partial charge in [-0.25, -0.2) is 8.42 Å². The van der Waals surface area contributed by atoms with Crippen LogP contribution >= 0.6 is 11.6 Å². The largest absolute Gasteiger partial charge is 0.224 e. The average molecular weight is 293 g/mol. The van der Waals surface area contributed by atoms with Crippen LogP contribution in [0.4, 0.5) is 0 Å². The predicted octanol–water partition coefficient (Wildman–Crippen LogP) is 3.65. The van der Waals surface area contributed by atoms with Crippen LogP contribution in [0.15, 0.2) is 53.4 Å². The number of halogens is 1. The molecule has 19 heavy (non-hydrogen) atoms. The predicted molar refractivity (Wildman–Crippen MR) is 76.4 cm³/mol. The number of sulfone groups is 1. The third-order valence-corrected chi connectivity index (χ3v) is 5.64. The molecule has 98 valence electrons. The maximum atomic E-state index is 12.1. The Kier molecular flexibility index (Phi) is 3.11. The molecule has 0 radical (unpaired) electrons. The lowest BCUT2D eigenvalue weighted by Gasteiger charge is -2.25. The molecule has 0 aliphatic carbocycles. The van der Waals surface area contributed by atoms with Crippen LogP contribution < -0.4 is 0 Å². The van der Waals surface area contributed by atoms with Gasteiger partial charge in [0, 0.05) is 10.9 Å². The lowest BCUT2D eigenvalue weighted by Crippen LogP contribution is -2.20. The molecule has 0 N–H and O–H groups in total. The van der Waals surface area contributed by atoms with Crippen LogP contribution in [0.2, 0.25) is 5.02 Å². The molecule has 1 aliphatic heterocycles. The summed E-state index contributed by atoms with van der Waals surface area (Å²) in [6.45, 7) is 0. The van der Waals surface area contributed by atoms with Crippen LogP contribution in [0, 0.1) is 0 Å². The molecule has 1 unspecified atom stereocenters. The first-order chi connectivity index (χ1) is 9.08. The van der Waals surface area contributed by atoms with Gasteiger partial charge in [0.2, 0.25) is 0 Å². The van der Waals surface area contributed by atoms with E-state index in [0.717, 1.165) is 11.1 Å². The SMILES string of the molecule is O=S1(=O)CCC(c2ccc(Cl)cc2)c2ccccc21. The highest BCUT2D eigenvalue weighted by molar-refractivity contribution is 7.91. The second-order valence-electron chi connectivity index (χ2n) is 4.75. The smallest absolute Gasteiger partial charge is 0.178 e. The summed E-state index contributed by atoms with van der Waals surface area (Å²) in [7, 11) is -3.12. The van der Waals surface area contributed by atoms with Crippen molar-refractivity contribution in [3.8, 4) is 0 Å². The van der Waals surface area contributed by atoms with Crippen LogP contribution in [0.1, 0.15) is 23.5 Å². The molecule has 2 aromatic rings. The fourth-order valence-corrected chi connectivity index (χ4v) is 4.38. The highest BCUT2D eigenvalue weighted by Crippen LogP contribution is 2.38. The van der Waals surface area contributed by atoms with Gasteiger partial charge in [-0.3, -0.25) is 0 Å². The normalized spacial score (nSPS) is 20.8. The van der Waals surface area contributed by atoms with Gasteiger partial charge < -0.3 is 0 Å². The van der Waals surface area contributed by atoms with E-state index in [-0.39, 0.29) is 11.7 Å². The molecular formula is C15H13ClO2S. The summed E-state index contributed by atoms with van der Waals surface area (Å²) in [5.41, 5.74) is 2.02. The Morgan fingerprint density at radius 3 is 2.42 bits per heavy atom. The summed E-state index contributed by atoms with van der Waals surface area (Å²) < 4.78 is 24.2. The fraction of sp³-hybridized carbons (Fsp3) is 0.200. The van der Waals surface area contributed by atoms with E-state index >= 15 is 0 Å². The lowest BCUT2D eigenvalue weighted by molar-refractivity contribution is 0.579. The van der Waals surface area contributed by atoms with Crippen LogP contribution in [0.3, 0.4) is 0 Å². The van der Waals surface area contributed by atoms with Crippen molar-refractivity contribution in [2.75, 3.05) is 5.75 Å². The molecule has 0 bridgehead atoms. The molecular weight excluding hydrogens is 280 g/mol. The van der Waals surface area contributed by atoms with Crippen molar-refractivity contribution in [1.82, 2.24) is 0 Å². The third-order valence-electron chi connectivity index (χ3n) is 3.58. The van der Waals surface area contributed by atoms with Crippen LogP contribution in [0.5, 0.6) is 0 Å². The summed E-state index contributed by atoms with van der Waals surface area (Å²) in [4.78, 5) is 0.473. The van der Waals surface area contributed by atoms with Gasteiger partial charge in [0.15, 0.2) is 9.84 Å². The maximum Gasteiger partial charge on any atom is 0.178 e. The molecule has 0 aromatic heterocycles. The second kappa shape index (κ2) is 4.66. The molecule has 0 fully saturated rings. The fourth-order valence-electron chi connectivity index (χ4n) is 2.63. The molecule has 0 spiro atoms. The van der Waals surface area contributed by atoms with Crippen molar-refractivity contribution in [2.45, 2.75) is 17.2 Å². The van der Waals surface area contributed by atoms with Crippen LogP contribution in [-0.2, 0) is 9.84 Å². The van der Waals surface area contributed by atoms with Gasteiger partial charge in [-0.2, -0.15) is 0 Å². The van der Waals surface area contributed by atoms with Crippen molar-refractivity contribution in [3.05, 3.63) is 64.7 Å². The topological polar surface area (TPSA) is 34.1 Å². The highest BCUT2D eigenvalue weighted by atomic mass is 35.5. The lowest BCUT2D eigenvalue weighted by atomic mass is 9.89. The Bertz CT molecular complexity index is 705. The summed E-state index contributed by atoms with van der Waals surface area (Å²) in [5.74, 6) is 0.342. The molecule has 0 saturated carbocycles. The van der Waals surface area contributed by atoms with Gasteiger partial charge in [-0.15, -0.1) is 0 Å². The first-order valence-electron chi connectivity index (χ1n) is 6.15. The summed E-state index contributed by atoms with van der Waals surface area (Å²) in [6, 6.07) is 14.9. The summed E-state index contributed by atoms with van der Waals surface area (Å²) in [6.07, 6.45) is 0.626. The minimum Gasteiger partial charge on any atom is -0.224 e. The Hall–Kier alpha value is -1.32. The molecule has 2 aromatic carbocycles. The molecule has 1 heterocycles. The Morgan fingerprint density at radius 1 is 1.00 bits per heavy atom. The van der Waals surface area contributed by atoms with E-state index in [1.165, 1.54) is 0 Å². The standard InChI is InChI=1S/C15H13ClO2S/c16-12-7-5-11(6-8-12)13-9-10-19(17,18)15-4-2-1-3-14(13)15/h1-8,13H,9-10H2. The minimum atomic E-state index is -3.12. The first kappa shape index (κ1) is 12.7. The van der Waals surface area contributed by atoms with E-state index in [4.69, 9.17) is 11.6 Å². The molecule has 4 heteroatoms. The number of hydrogen-bond donors (Lipinski definition) is 0. The first-order valence-corrected chi connectivity index (χ1v) is 8.18. The van der Waals surface area contributed by atoms with Gasteiger partial charge in [0.05, 0.1) is 10.6 Å². The zero-order chi connectivity index (χ0) is 13.5. The highest BCUT2D eigenvalue weighted by Gasteiger charge is 2.30. The van der Waals surface area contributed by atoms with Gasteiger partial charge >= 0.3 is 0 Å². The summed E-state index contributed by atoms with van der Waals surface area (Å²) >= 11 is 5.90. The van der Waals surface area contributed by atoms with E-state index in [9.17, 15) is 8.42 Å². The van der Waals surface area contributed by atoms with E-state index in [1.807, 2.05) is 36.4 Å². The molecule has 0 amide bonds. The van der Waals surface area contributed by atoms with E-state index < -0.39 is 9.84 Å². The van der Waals surface area contributed by atoms with Crippen molar-refractivity contribution >= 4 is 21.4 Å². The maximum absolute atomic E-state index is 12.1. The van der Waals surface area contributed by atoms with Crippen molar-refractivity contribution < 1.29 is 8.42 Å². The van der Waals surface area contributed by atoms with Gasteiger partial charge in [-0.05, 0) is 35.7 Å². The molecule has 2 nitrogen and oxygen atoms in total. The van der Waals surface area contributed by atoms with Crippen LogP contribution in [-0.4, -0.2) is 14.2 Å². The van der Waals surface area contributed by atoms with Gasteiger partial charge in [-0.1, -0.05) is 41.9 Å². The van der Waals surface area contributed by atoms with Crippen molar-refractivity contribution in [2.24, 2.45) is 0 Å². The second-order valence-corrected chi connectivity index (χ2v) is 7.26. The molecule has 0 saturated heterocycles. The quantitative estimate of drug-likeness (QED) is 0.804. The molecule has 1 aliphatic rings. The number of hydrogen-bond acceptors (Lipinski definition) is 2. The number of fused-ring (bicyclic) bond motifs is 1. The van der Waals surface area contributed by atoms with Crippen molar-refractivity contribution in [3.63, 3.8) is 0 Å². The van der Waals surface area contributed by atoms with E-state index in [0.29, 0.717) is 16.3 Å². The van der Waals surface area contributed by atoms with Crippen molar-refractivity contribution in [1.29, 1.82) is 0 Å². The van der Waals surface area contributed by atoms with E-state index in [1.54, 1.807) is 12.1 Å². The van der Waals surface area contributed by atoms with Gasteiger partial charge in [0.1, 0.15) is 0 Å². The minimum absolute atomic E-state index is 0.136. The number of benzene rings is 2. The Balaban J connectivity index is 2.13. The molecule has 1 atom stereocenters. The zero-order valence-electron chi connectivity index (χ0n) is 10.2. The van der Waals surface area contributed by atoms with Gasteiger partial charge in [0.25, 0.3) is 0 Å². The average Bonchev–Trinajstić information content (AvgIpc) is 2.41. The molecule has 3 rings (SSSR count). The van der Waals surface area contributed by atoms with Crippen LogP contribution in [0.25, 0.3) is 0 Å². The number of rotatable bonds is 1. The monoisotopic (exact) mass is 292 g/mol. The zero-order valence-corrected chi connectivity index (χ0v) is 11.8. The Labute approximate surface area is 118 Å². The van der Waals surface area contributed by atoms with E-state index in [2.05, 4.69) is 0 Å². The third kappa shape index (κ3) is 2.28. The Morgan fingerprint density at radius 2 is 1.68 bits per heavy atom.